The molecular formula is C9H12N2. The Morgan fingerprint density at radius 2 is 1.91 bits per heavy atom. The molecule has 0 saturated heterocycles. The van der Waals surface area contributed by atoms with Crippen molar-refractivity contribution < 1.29 is 0 Å². The van der Waals surface area contributed by atoms with E-state index in [4.69, 9.17) is 11.0 Å². The van der Waals surface area contributed by atoms with Gasteiger partial charge in [0.15, 0.2) is 0 Å². The van der Waals surface area contributed by atoms with Crippen LogP contribution in [0.15, 0.2) is 24.3 Å². The summed E-state index contributed by atoms with van der Waals surface area (Å²) in [7, 11) is 0. The van der Waals surface area contributed by atoms with Gasteiger partial charge in [0.2, 0.25) is 0 Å². The van der Waals surface area contributed by atoms with Gasteiger partial charge in [-0.05, 0) is 18.1 Å². The van der Waals surface area contributed by atoms with Crippen molar-refractivity contribution in [3.8, 4) is 6.57 Å². The molecule has 0 fully saturated rings. The molecule has 0 spiro atoms. The van der Waals surface area contributed by atoms with Crippen LogP contribution in [0.2, 0.25) is 0 Å². The van der Waals surface area contributed by atoms with Gasteiger partial charge in [-0.1, -0.05) is 25.1 Å². The smallest absolute Gasteiger partial charge is 0.0462 e. The van der Waals surface area contributed by atoms with Crippen LogP contribution in [-0.2, 0) is 6.42 Å². The summed E-state index contributed by atoms with van der Waals surface area (Å²) < 4.78 is 0. The number of aryl methyl sites for hydroxylation is 1. The molecule has 1 aromatic rings. The maximum absolute atomic E-state index is 6.50. The highest BCUT2D eigenvalue weighted by molar-refractivity contribution is 5.46. The first-order valence-electron chi connectivity index (χ1n) is 3.43. The van der Waals surface area contributed by atoms with E-state index >= 15 is 0 Å². The van der Waals surface area contributed by atoms with Gasteiger partial charge in [0.25, 0.3) is 0 Å². The van der Waals surface area contributed by atoms with Crippen LogP contribution in [0, 0.1) is 11.8 Å². The predicted molar refractivity (Wildman–Crippen MR) is 46.9 cm³/mol. The molecule has 1 rings (SSSR count). The first kappa shape index (κ1) is 9.51. The van der Waals surface area contributed by atoms with E-state index in [1.807, 2.05) is 18.2 Å². The quantitative estimate of drug-likeness (QED) is 0.619. The minimum absolute atomic E-state index is 0.903. The Balaban J connectivity index is 0.000000461. The van der Waals surface area contributed by atoms with Crippen LogP contribution >= 0.6 is 0 Å². The highest BCUT2D eigenvalue weighted by atomic mass is 14.5. The van der Waals surface area contributed by atoms with Crippen molar-refractivity contribution in [2.75, 3.05) is 5.73 Å². The van der Waals surface area contributed by atoms with E-state index in [0.717, 1.165) is 12.1 Å². The van der Waals surface area contributed by atoms with Gasteiger partial charge in [0, 0.05) is 12.3 Å². The van der Waals surface area contributed by atoms with Crippen molar-refractivity contribution in [3.05, 3.63) is 29.8 Å². The molecule has 0 aliphatic carbocycles. The number of para-hydroxylation sites is 1. The van der Waals surface area contributed by atoms with E-state index in [-0.39, 0.29) is 0 Å². The van der Waals surface area contributed by atoms with Crippen molar-refractivity contribution in [1.82, 2.24) is 0 Å². The van der Waals surface area contributed by atoms with Gasteiger partial charge in [-0.25, -0.2) is 5.26 Å². The summed E-state index contributed by atoms with van der Waals surface area (Å²) in [6, 6.07) is 7.94. The van der Waals surface area contributed by atoms with E-state index in [1.165, 1.54) is 5.56 Å². The number of hydrogen-bond acceptors (Lipinski definition) is 2. The third-order valence-electron chi connectivity index (χ3n) is 1.44. The number of nitrogens with two attached hydrogens (primary N) is 1. The number of nitrogen functional groups attached to an aromatic ring is 1. The second-order valence-corrected chi connectivity index (χ2v) is 2.05. The lowest BCUT2D eigenvalue weighted by Gasteiger charge is -1.98. The Hall–Kier alpha value is -1.49. The number of hydrogen-bond donors (Lipinski definition) is 1. The highest BCUT2D eigenvalue weighted by Gasteiger charge is 1.90. The standard InChI is InChI=1S/C8H11N.CHN/c1-2-7-5-3-4-6-8(7)9;1-2/h3-6H,2,9H2,1H3;1H. The van der Waals surface area contributed by atoms with E-state index in [1.54, 1.807) is 0 Å². The molecule has 0 amide bonds. The average Bonchev–Trinajstić information content (AvgIpc) is 2.09. The summed E-state index contributed by atoms with van der Waals surface area (Å²) in [5.74, 6) is 0. The van der Waals surface area contributed by atoms with Gasteiger partial charge in [0.1, 0.15) is 0 Å². The van der Waals surface area contributed by atoms with Gasteiger partial charge in [-0.15, -0.1) is 0 Å². The predicted octanol–water partition coefficient (Wildman–Crippen LogP) is 1.97. The zero-order valence-corrected chi connectivity index (χ0v) is 6.62. The Kier molecular flexibility index (Phi) is 4.59. The molecule has 0 atom stereocenters. The summed E-state index contributed by atoms with van der Waals surface area (Å²) in [6.45, 7) is 5.60. The van der Waals surface area contributed by atoms with Gasteiger partial charge in [-0.3, -0.25) is 0 Å². The molecule has 2 heteroatoms. The van der Waals surface area contributed by atoms with Crippen LogP contribution in [0.25, 0.3) is 0 Å². The zero-order chi connectivity index (χ0) is 8.69. The molecular weight excluding hydrogens is 136 g/mol. The van der Waals surface area contributed by atoms with E-state index in [2.05, 4.69) is 19.6 Å². The Morgan fingerprint density at radius 1 is 1.36 bits per heavy atom. The maximum Gasteiger partial charge on any atom is 0.0462 e. The molecule has 0 radical (unpaired) electrons. The Morgan fingerprint density at radius 3 is 2.27 bits per heavy atom. The molecule has 0 saturated carbocycles. The lowest BCUT2D eigenvalue weighted by molar-refractivity contribution is 1.14. The fraction of sp³-hybridized carbons (Fsp3) is 0.222. The monoisotopic (exact) mass is 148 g/mol. The average molecular weight is 148 g/mol. The summed E-state index contributed by atoms with van der Waals surface area (Å²) in [6.07, 6.45) is 1.02. The maximum atomic E-state index is 6.50. The lowest BCUT2D eigenvalue weighted by Crippen LogP contribution is -1.90. The minimum atomic E-state index is 0.903. The van der Waals surface area contributed by atoms with Gasteiger partial charge in [0.05, 0.1) is 0 Å². The topological polar surface area (TPSA) is 49.8 Å². The molecule has 0 heterocycles. The van der Waals surface area contributed by atoms with E-state index < -0.39 is 0 Å². The van der Waals surface area contributed by atoms with Gasteiger partial charge in [-0.2, -0.15) is 0 Å². The lowest BCUT2D eigenvalue weighted by atomic mass is 10.1. The van der Waals surface area contributed by atoms with Crippen LogP contribution in [0.3, 0.4) is 0 Å². The molecule has 0 unspecified atom stereocenters. The molecule has 58 valence electrons. The van der Waals surface area contributed by atoms with Crippen molar-refractivity contribution in [1.29, 1.82) is 5.26 Å². The fourth-order valence-electron chi connectivity index (χ4n) is 0.856. The number of rotatable bonds is 1. The van der Waals surface area contributed by atoms with Crippen molar-refractivity contribution >= 4 is 5.69 Å². The molecule has 1 aromatic carbocycles. The zero-order valence-electron chi connectivity index (χ0n) is 6.62. The van der Waals surface area contributed by atoms with Crippen LogP contribution in [0.1, 0.15) is 12.5 Å². The summed E-state index contributed by atoms with van der Waals surface area (Å²) >= 11 is 0. The van der Waals surface area contributed by atoms with E-state index in [0.29, 0.717) is 0 Å². The number of nitrogens with zero attached hydrogens (tertiary/aromatic N) is 1. The number of anilines is 1. The molecule has 0 aliphatic heterocycles. The second-order valence-electron chi connectivity index (χ2n) is 2.05. The number of nitriles is 1. The molecule has 2 N–H and O–H groups in total. The normalized spacial score (nSPS) is 7.91. The Bertz CT molecular complexity index is 228. The molecule has 11 heavy (non-hydrogen) atoms. The van der Waals surface area contributed by atoms with E-state index in [9.17, 15) is 0 Å². The minimum Gasteiger partial charge on any atom is -0.399 e. The van der Waals surface area contributed by atoms with Crippen molar-refractivity contribution in [3.63, 3.8) is 0 Å². The molecule has 0 aliphatic rings. The fourth-order valence-corrected chi connectivity index (χ4v) is 0.856. The van der Waals surface area contributed by atoms with Gasteiger partial charge >= 0.3 is 0 Å². The number of benzene rings is 1. The Labute approximate surface area is 67.3 Å². The summed E-state index contributed by atoms with van der Waals surface area (Å²) in [5, 5.41) is 6.50. The molecule has 0 bridgehead atoms. The second kappa shape index (κ2) is 5.31. The largest absolute Gasteiger partial charge is 0.399 e. The first-order chi connectivity index (χ1) is 5.34. The third kappa shape index (κ3) is 2.72. The SMILES string of the molecule is C#N.CCc1ccccc1N. The van der Waals surface area contributed by atoms with Gasteiger partial charge < -0.3 is 5.73 Å². The summed E-state index contributed by atoms with van der Waals surface area (Å²) in [4.78, 5) is 0. The first-order valence-corrected chi connectivity index (χ1v) is 3.43. The molecule has 2 nitrogen and oxygen atoms in total. The van der Waals surface area contributed by atoms with Crippen LogP contribution in [-0.4, -0.2) is 0 Å². The summed E-state index contributed by atoms with van der Waals surface area (Å²) in [5.41, 5.74) is 7.77. The van der Waals surface area contributed by atoms with Crippen molar-refractivity contribution in [2.45, 2.75) is 13.3 Å². The molecule has 0 aromatic heterocycles. The third-order valence-corrected chi connectivity index (χ3v) is 1.44. The van der Waals surface area contributed by atoms with Crippen LogP contribution in [0.5, 0.6) is 0 Å². The van der Waals surface area contributed by atoms with Crippen molar-refractivity contribution in [2.24, 2.45) is 0 Å². The van der Waals surface area contributed by atoms with Crippen LogP contribution in [0.4, 0.5) is 5.69 Å². The van der Waals surface area contributed by atoms with Crippen LogP contribution < -0.4 is 5.73 Å². The highest BCUT2D eigenvalue weighted by Crippen LogP contribution is 2.09.